The zero-order valence-electron chi connectivity index (χ0n) is 18.8. The molecule has 4 aromatic rings. The van der Waals surface area contributed by atoms with E-state index in [0.29, 0.717) is 28.4 Å². The Balaban J connectivity index is 1.46. The molecule has 1 aliphatic rings. The van der Waals surface area contributed by atoms with Crippen molar-refractivity contribution in [3.8, 4) is 17.2 Å². The van der Waals surface area contributed by atoms with Crippen molar-refractivity contribution in [3.63, 3.8) is 0 Å². The van der Waals surface area contributed by atoms with E-state index in [0.717, 1.165) is 16.5 Å². The molecule has 0 fully saturated rings. The number of Topliss-reactive ketones (excluding diaryl/α,β-unsaturated/α-hetero) is 1. The molecule has 1 aliphatic heterocycles. The van der Waals surface area contributed by atoms with E-state index in [1.165, 1.54) is 18.2 Å². The average Bonchev–Trinajstić information content (AvgIpc) is 3.31. The van der Waals surface area contributed by atoms with Crippen molar-refractivity contribution < 1.29 is 27.8 Å². The SMILES string of the molecule is COc1ccc2c(c1)c(/C=C1\Oc3c(ccc(OCc4c(F)cccc4F)c3C)C1=O)cn2C. The van der Waals surface area contributed by atoms with Crippen molar-refractivity contribution >= 4 is 22.8 Å². The van der Waals surface area contributed by atoms with E-state index in [4.69, 9.17) is 14.2 Å². The summed E-state index contributed by atoms with van der Waals surface area (Å²) in [6, 6.07) is 12.6. The van der Waals surface area contributed by atoms with Crippen LogP contribution < -0.4 is 14.2 Å². The van der Waals surface area contributed by atoms with Gasteiger partial charge in [0.2, 0.25) is 5.78 Å². The number of carbonyl (C=O) groups is 1. The Hall–Kier alpha value is -4.13. The Labute approximate surface area is 194 Å². The molecule has 3 aromatic carbocycles. The van der Waals surface area contributed by atoms with E-state index < -0.39 is 11.6 Å². The van der Waals surface area contributed by atoms with E-state index >= 15 is 0 Å². The molecule has 0 saturated carbocycles. The van der Waals surface area contributed by atoms with Gasteiger partial charge < -0.3 is 18.8 Å². The molecule has 0 atom stereocenters. The summed E-state index contributed by atoms with van der Waals surface area (Å²) in [5.74, 6) is 0.0509. The molecular formula is C27H21F2NO4. The second kappa shape index (κ2) is 8.33. The molecule has 0 spiro atoms. The fraction of sp³-hybridized carbons (Fsp3) is 0.148. The number of hydrogen-bond acceptors (Lipinski definition) is 4. The highest BCUT2D eigenvalue weighted by Crippen LogP contribution is 2.40. The Bertz CT molecular complexity index is 1470. The van der Waals surface area contributed by atoms with Crippen LogP contribution in [0.15, 0.2) is 60.5 Å². The quantitative estimate of drug-likeness (QED) is 0.344. The van der Waals surface area contributed by atoms with Crippen molar-refractivity contribution in [2.24, 2.45) is 7.05 Å². The Kier molecular flexibility index (Phi) is 5.32. The van der Waals surface area contributed by atoms with Gasteiger partial charge >= 0.3 is 0 Å². The molecule has 0 saturated heterocycles. The van der Waals surface area contributed by atoms with Crippen LogP contribution in [0.3, 0.4) is 0 Å². The molecule has 7 heteroatoms. The summed E-state index contributed by atoms with van der Waals surface area (Å²) >= 11 is 0. The number of aryl methyl sites for hydroxylation is 1. The summed E-state index contributed by atoms with van der Waals surface area (Å²) in [7, 11) is 3.53. The lowest BCUT2D eigenvalue weighted by Gasteiger charge is -2.12. The maximum Gasteiger partial charge on any atom is 0.231 e. The van der Waals surface area contributed by atoms with Crippen LogP contribution in [0.25, 0.3) is 17.0 Å². The standard InChI is InChI=1S/C27H21F2NO4/c1-15-24(33-14-20-21(28)5-4-6-22(20)29)10-8-18-26(31)25(34-27(15)18)11-16-13-30(2)23-9-7-17(32-3)12-19(16)23/h4-13H,14H2,1-3H3/b25-11-. The number of carbonyl (C=O) groups excluding carboxylic acids is 1. The lowest BCUT2D eigenvalue weighted by Crippen LogP contribution is -2.03. The van der Waals surface area contributed by atoms with Crippen LogP contribution in [0.1, 0.15) is 27.0 Å². The molecule has 0 amide bonds. The van der Waals surface area contributed by atoms with Crippen LogP contribution in [0.4, 0.5) is 8.78 Å². The topological polar surface area (TPSA) is 49.7 Å². The highest BCUT2D eigenvalue weighted by Gasteiger charge is 2.30. The number of halogens is 2. The molecule has 172 valence electrons. The number of methoxy groups -OCH3 is 1. The van der Waals surface area contributed by atoms with Crippen molar-refractivity contribution in [3.05, 3.63) is 94.4 Å². The number of hydrogen-bond donors (Lipinski definition) is 0. The molecule has 5 rings (SSSR count). The van der Waals surface area contributed by atoms with Gasteiger partial charge in [0, 0.05) is 35.3 Å². The number of rotatable bonds is 5. The average molecular weight is 461 g/mol. The van der Waals surface area contributed by atoms with Crippen LogP contribution in [-0.2, 0) is 13.7 Å². The van der Waals surface area contributed by atoms with Gasteiger partial charge in [0.15, 0.2) is 5.76 Å². The number of allylic oxidation sites excluding steroid dienone is 1. The fourth-order valence-electron chi connectivity index (χ4n) is 4.13. The lowest BCUT2D eigenvalue weighted by atomic mass is 10.1. The summed E-state index contributed by atoms with van der Waals surface area (Å²) in [4.78, 5) is 13.0. The van der Waals surface area contributed by atoms with Crippen LogP contribution in [0.5, 0.6) is 17.2 Å². The molecule has 0 aliphatic carbocycles. The largest absolute Gasteiger partial charge is 0.497 e. The maximum atomic E-state index is 13.9. The number of ketones is 1. The summed E-state index contributed by atoms with van der Waals surface area (Å²) in [6.45, 7) is 1.46. The molecule has 0 radical (unpaired) electrons. The molecule has 1 aromatic heterocycles. The Morgan fingerprint density at radius 1 is 1.09 bits per heavy atom. The summed E-state index contributed by atoms with van der Waals surface area (Å²) in [5.41, 5.74) is 2.63. The third kappa shape index (κ3) is 3.59. The minimum atomic E-state index is -0.679. The van der Waals surface area contributed by atoms with Crippen molar-refractivity contribution in [1.29, 1.82) is 0 Å². The molecule has 0 unspecified atom stereocenters. The maximum absolute atomic E-state index is 13.9. The predicted molar refractivity (Wildman–Crippen MR) is 124 cm³/mol. The molecule has 5 nitrogen and oxygen atoms in total. The van der Waals surface area contributed by atoms with Crippen molar-refractivity contribution in [2.45, 2.75) is 13.5 Å². The van der Waals surface area contributed by atoms with Crippen molar-refractivity contribution in [1.82, 2.24) is 4.57 Å². The summed E-state index contributed by atoms with van der Waals surface area (Å²) in [5, 5.41) is 0.925. The van der Waals surface area contributed by atoms with Crippen LogP contribution >= 0.6 is 0 Å². The predicted octanol–water partition coefficient (Wildman–Crippen LogP) is 5.97. The zero-order valence-corrected chi connectivity index (χ0v) is 18.8. The second-order valence-electron chi connectivity index (χ2n) is 8.07. The molecule has 0 bridgehead atoms. The second-order valence-corrected chi connectivity index (χ2v) is 8.07. The number of ether oxygens (including phenoxy) is 3. The minimum absolute atomic E-state index is 0.161. The van der Waals surface area contributed by atoms with Gasteiger partial charge in [-0.05, 0) is 55.5 Å². The van der Waals surface area contributed by atoms with Gasteiger partial charge in [-0.25, -0.2) is 8.78 Å². The molecule has 0 N–H and O–H groups in total. The van der Waals surface area contributed by atoms with E-state index in [9.17, 15) is 13.6 Å². The number of benzene rings is 3. The minimum Gasteiger partial charge on any atom is -0.497 e. The Morgan fingerprint density at radius 3 is 2.59 bits per heavy atom. The van der Waals surface area contributed by atoms with Gasteiger partial charge in [-0.15, -0.1) is 0 Å². The third-order valence-corrected chi connectivity index (χ3v) is 5.98. The van der Waals surface area contributed by atoms with Gasteiger partial charge in [0.25, 0.3) is 0 Å². The number of aromatic nitrogens is 1. The highest BCUT2D eigenvalue weighted by atomic mass is 19.1. The van der Waals surface area contributed by atoms with E-state index in [1.807, 2.05) is 36.0 Å². The van der Waals surface area contributed by atoms with E-state index in [2.05, 4.69) is 0 Å². The van der Waals surface area contributed by atoms with E-state index in [-0.39, 0.29) is 23.7 Å². The first-order valence-corrected chi connectivity index (χ1v) is 10.6. The first-order chi connectivity index (χ1) is 16.4. The molecule has 2 heterocycles. The van der Waals surface area contributed by atoms with Gasteiger partial charge in [0.05, 0.1) is 18.2 Å². The third-order valence-electron chi connectivity index (χ3n) is 5.98. The van der Waals surface area contributed by atoms with Gasteiger partial charge in [-0.2, -0.15) is 0 Å². The summed E-state index contributed by atoms with van der Waals surface area (Å²) in [6.07, 6.45) is 3.62. The van der Waals surface area contributed by atoms with Crippen LogP contribution in [-0.4, -0.2) is 17.5 Å². The molecule has 34 heavy (non-hydrogen) atoms. The highest BCUT2D eigenvalue weighted by molar-refractivity contribution is 6.15. The summed E-state index contributed by atoms with van der Waals surface area (Å²) < 4.78 is 46.8. The smallest absolute Gasteiger partial charge is 0.231 e. The van der Waals surface area contributed by atoms with Crippen LogP contribution in [0, 0.1) is 18.6 Å². The van der Waals surface area contributed by atoms with Gasteiger partial charge in [-0.3, -0.25) is 4.79 Å². The Morgan fingerprint density at radius 2 is 1.85 bits per heavy atom. The monoisotopic (exact) mass is 461 g/mol. The number of fused-ring (bicyclic) bond motifs is 2. The zero-order chi connectivity index (χ0) is 24.0. The lowest BCUT2D eigenvalue weighted by molar-refractivity contribution is 0.101. The van der Waals surface area contributed by atoms with Crippen LogP contribution in [0.2, 0.25) is 0 Å². The number of nitrogens with zero attached hydrogens (tertiary/aromatic N) is 1. The first-order valence-electron chi connectivity index (χ1n) is 10.6. The van der Waals surface area contributed by atoms with Crippen molar-refractivity contribution in [2.75, 3.05) is 7.11 Å². The normalized spacial score (nSPS) is 13.9. The van der Waals surface area contributed by atoms with Gasteiger partial charge in [-0.1, -0.05) is 6.07 Å². The van der Waals surface area contributed by atoms with Gasteiger partial charge in [0.1, 0.15) is 35.5 Å². The fourth-order valence-corrected chi connectivity index (χ4v) is 4.13. The van der Waals surface area contributed by atoms with E-state index in [1.54, 1.807) is 32.2 Å². The molecular weight excluding hydrogens is 440 g/mol. The first kappa shape index (κ1) is 21.7.